The zero-order valence-electron chi connectivity index (χ0n) is 9.06. The van der Waals surface area contributed by atoms with Gasteiger partial charge in [-0.2, -0.15) is 5.26 Å². The Labute approximate surface area is 114 Å². The lowest BCUT2D eigenvalue weighted by Gasteiger charge is -2.07. The predicted molar refractivity (Wildman–Crippen MR) is 74.6 cm³/mol. The molecule has 0 aromatic heterocycles. The van der Waals surface area contributed by atoms with Crippen molar-refractivity contribution in [1.29, 1.82) is 5.26 Å². The average Bonchev–Trinajstić information content (AvgIpc) is 2.38. The number of benzene rings is 2. The molecule has 0 spiro atoms. The maximum atomic E-state index is 8.69. The molecule has 2 aromatic rings. The largest absolute Gasteiger partial charge is 0.488 e. The summed E-state index contributed by atoms with van der Waals surface area (Å²) in [6.45, 7) is 0.520. The molecular weight excluding hydrogens is 325 g/mol. The van der Waals surface area contributed by atoms with Crippen LogP contribution in [0, 0.1) is 14.9 Å². The molecule has 0 unspecified atom stereocenters. The molecule has 0 N–H and O–H groups in total. The lowest BCUT2D eigenvalue weighted by molar-refractivity contribution is 0.304. The lowest BCUT2D eigenvalue weighted by Crippen LogP contribution is -1.96. The standard InChI is InChI=1S/C14H10INO/c15-13-3-1-2-4-14(13)17-10-12-7-5-11(9-16)6-8-12/h1-8H,10H2. The van der Waals surface area contributed by atoms with E-state index >= 15 is 0 Å². The first-order chi connectivity index (χ1) is 8.29. The van der Waals surface area contributed by atoms with E-state index in [0.717, 1.165) is 14.9 Å². The van der Waals surface area contributed by atoms with Crippen molar-refractivity contribution in [3.63, 3.8) is 0 Å². The number of nitrogens with zero attached hydrogens (tertiary/aromatic N) is 1. The van der Waals surface area contributed by atoms with E-state index in [-0.39, 0.29) is 0 Å². The van der Waals surface area contributed by atoms with Gasteiger partial charge in [-0.05, 0) is 52.4 Å². The number of rotatable bonds is 3. The molecule has 2 rings (SSSR count). The Bertz CT molecular complexity index is 543. The van der Waals surface area contributed by atoms with Crippen LogP contribution in [0.4, 0.5) is 0 Å². The second-order valence-corrected chi connectivity index (χ2v) is 4.69. The molecule has 17 heavy (non-hydrogen) atoms. The molecule has 0 saturated heterocycles. The quantitative estimate of drug-likeness (QED) is 0.801. The number of para-hydroxylation sites is 1. The number of hydrogen-bond acceptors (Lipinski definition) is 2. The molecule has 2 aromatic carbocycles. The SMILES string of the molecule is N#Cc1ccc(COc2ccccc2I)cc1. The summed E-state index contributed by atoms with van der Waals surface area (Å²) < 4.78 is 6.80. The van der Waals surface area contributed by atoms with Gasteiger partial charge < -0.3 is 4.74 Å². The van der Waals surface area contributed by atoms with Crippen LogP contribution < -0.4 is 4.74 Å². The van der Waals surface area contributed by atoms with Crippen molar-refractivity contribution in [3.05, 3.63) is 63.2 Å². The lowest BCUT2D eigenvalue weighted by atomic mass is 10.2. The summed E-state index contributed by atoms with van der Waals surface area (Å²) in [6, 6.07) is 17.4. The summed E-state index contributed by atoms with van der Waals surface area (Å²) >= 11 is 2.25. The Morgan fingerprint density at radius 1 is 1.06 bits per heavy atom. The van der Waals surface area contributed by atoms with Crippen molar-refractivity contribution >= 4 is 22.6 Å². The molecule has 0 aliphatic heterocycles. The van der Waals surface area contributed by atoms with Crippen LogP contribution in [-0.2, 0) is 6.61 Å². The molecule has 0 aliphatic rings. The van der Waals surface area contributed by atoms with E-state index in [9.17, 15) is 0 Å². The van der Waals surface area contributed by atoms with Crippen LogP contribution in [0.15, 0.2) is 48.5 Å². The summed E-state index contributed by atoms with van der Waals surface area (Å²) in [4.78, 5) is 0. The smallest absolute Gasteiger partial charge is 0.133 e. The second kappa shape index (κ2) is 5.69. The van der Waals surface area contributed by atoms with Gasteiger partial charge in [0.25, 0.3) is 0 Å². The maximum Gasteiger partial charge on any atom is 0.133 e. The molecule has 2 nitrogen and oxygen atoms in total. The number of nitriles is 1. The van der Waals surface area contributed by atoms with Gasteiger partial charge in [0.1, 0.15) is 12.4 Å². The number of halogens is 1. The summed E-state index contributed by atoms with van der Waals surface area (Å²) in [6.07, 6.45) is 0. The van der Waals surface area contributed by atoms with Crippen LogP contribution >= 0.6 is 22.6 Å². The summed E-state index contributed by atoms with van der Waals surface area (Å²) in [5.74, 6) is 0.887. The highest BCUT2D eigenvalue weighted by Crippen LogP contribution is 2.20. The topological polar surface area (TPSA) is 33.0 Å². The first-order valence-electron chi connectivity index (χ1n) is 5.16. The highest BCUT2D eigenvalue weighted by molar-refractivity contribution is 14.1. The van der Waals surface area contributed by atoms with Crippen molar-refractivity contribution in [2.75, 3.05) is 0 Å². The minimum absolute atomic E-state index is 0.520. The molecule has 0 heterocycles. The maximum absolute atomic E-state index is 8.69. The van der Waals surface area contributed by atoms with E-state index in [0.29, 0.717) is 12.2 Å². The fourth-order valence-electron chi connectivity index (χ4n) is 1.40. The van der Waals surface area contributed by atoms with Gasteiger partial charge in [0, 0.05) is 0 Å². The van der Waals surface area contributed by atoms with Gasteiger partial charge in [0.15, 0.2) is 0 Å². The van der Waals surface area contributed by atoms with Crippen LogP contribution in [0.3, 0.4) is 0 Å². The first-order valence-corrected chi connectivity index (χ1v) is 6.24. The van der Waals surface area contributed by atoms with Gasteiger partial charge in [-0.15, -0.1) is 0 Å². The summed E-state index contributed by atoms with van der Waals surface area (Å²) in [5.41, 5.74) is 1.73. The molecule has 0 amide bonds. The monoisotopic (exact) mass is 335 g/mol. The Morgan fingerprint density at radius 2 is 1.76 bits per heavy atom. The molecule has 0 saturated carbocycles. The molecular formula is C14H10INO. The van der Waals surface area contributed by atoms with Crippen LogP contribution in [0.1, 0.15) is 11.1 Å². The van der Waals surface area contributed by atoms with Gasteiger partial charge >= 0.3 is 0 Å². The minimum atomic E-state index is 0.520. The average molecular weight is 335 g/mol. The van der Waals surface area contributed by atoms with Crippen LogP contribution in [0.2, 0.25) is 0 Å². The van der Waals surface area contributed by atoms with Crippen molar-refractivity contribution in [1.82, 2.24) is 0 Å². The van der Waals surface area contributed by atoms with Crippen LogP contribution in [-0.4, -0.2) is 0 Å². The van der Waals surface area contributed by atoms with Crippen LogP contribution in [0.25, 0.3) is 0 Å². The molecule has 0 atom stereocenters. The van der Waals surface area contributed by atoms with E-state index < -0.39 is 0 Å². The molecule has 0 aliphatic carbocycles. The van der Waals surface area contributed by atoms with Gasteiger partial charge in [-0.1, -0.05) is 24.3 Å². The summed E-state index contributed by atoms with van der Waals surface area (Å²) in [7, 11) is 0. The zero-order valence-corrected chi connectivity index (χ0v) is 11.2. The highest BCUT2D eigenvalue weighted by Gasteiger charge is 2.00. The molecule has 0 bridgehead atoms. The third kappa shape index (κ3) is 3.21. The fraction of sp³-hybridized carbons (Fsp3) is 0.0714. The number of ether oxygens (including phenoxy) is 1. The van der Waals surface area contributed by atoms with Crippen molar-refractivity contribution in [2.45, 2.75) is 6.61 Å². The first kappa shape index (κ1) is 11.9. The van der Waals surface area contributed by atoms with E-state index in [4.69, 9.17) is 10.00 Å². The van der Waals surface area contributed by atoms with Gasteiger partial charge in [-0.25, -0.2) is 0 Å². The Hall–Kier alpha value is -1.54. The highest BCUT2D eigenvalue weighted by atomic mass is 127. The Kier molecular flexibility index (Phi) is 3.99. The summed E-state index contributed by atoms with van der Waals surface area (Å²) in [5, 5.41) is 8.69. The number of hydrogen-bond donors (Lipinski definition) is 0. The van der Waals surface area contributed by atoms with E-state index in [1.54, 1.807) is 12.1 Å². The predicted octanol–water partition coefficient (Wildman–Crippen LogP) is 3.74. The Morgan fingerprint density at radius 3 is 2.41 bits per heavy atom. The third-order valence-electron chi connectivity index (χ3n) is 2.31. The molecule has 3 heteroatoms. The molecule has 0 fully saturated rings. The molecule has 0 radical (unpaired) electrons. The normalized spacial score (nSPS) is 9.65. The van der Waals surface area contributed by atoms with Crippen molar-refractivity contribution in [2.24, 2.45) is 0 Å². The minimum Gasteiger partial charge on any atom is -0.488 e. The van der Waals surface area contributed by atoms with Gasteiger partial charge in [-0.3, -0.25) is 0 Å². The molecule has 84 valence electrons. The van der Waals surface area contributed by atoms with Crippen molar-refractivity contribution < 1.29 is 4.74 Å². The second-order valence-electron chi connectivity index (χ2n) is 3.53. The fourth-order valence-corrected chi connectivity index (χ4v) is 1.94. The Balaban J connectivity index is 2.03. The third-order valence-corrected chi connectivity index (χ3v) is 3.21. The van der Waals surface area contributed by atoms with Gasteiger partial charge in [0.2, 0.25) is 0 Å². The van der Waals surface area contributed by atoms with Crippen molar-refractivity contribution in [3.8, 4) is 11.8 Å². The van der Waals surface area contributed by atoms with Gasteiger partial charge in [0.05, 0.1) is 15.2 Å². The van der Waals surface area contributed by atoms with E-state index in [1.165, 1.54) is 0 Å². The van der Waals surface area contributed by atoms with E-state index in [1.807, 2.05) is 36.4 Å². The zero-order chi connectivity index (χ0) is 12.1. The van der Waals surface area contributed by atoms with E-state index in [2.05, 4.69) is 28.7 Å². The van der Waals surface area contributed by atoms with Crippen LogP contribution in [0.5, 0.6) is 5.75 Å².